The van der Waals surface area contributed by atoms with Gasteiger partial charge in [0.1, 0.15) is 0 Å². The van der Waals surface area contributed by atoms with E-state index in [0.29, 0.717) is 28.5 Å². The van der Waals surface area contributed by atoms with Gasteiger partial charge in [-0.2, -0.15) is 5.10 Å². The molecule has 7 nitrogen and oxygen atoms in total. The Morgan fingerprint density at radius 1 is 1.29 bits per heavy atom. The van der Waals surface area contributed by atoms with Crippen LogP contribution in [0.3, 0.4) is 0 Å². The Hall–Kier alpha value is -2.87. The van der Waals surface area contributed by atoms with Crippen LogP contribution in [0, 0.1) is 0 Å². The lowest BCUT2D eigenvalue weighted by Crippen LogP contribution is -2.20. The van der Waals surface area contributed by atoms with E-state index in [1.165, 1.54) is 17.6 Å². The molecule has 0 spiro atoms. The minimum absolute atomic E-state index is 0.232. The Bertz CT molecular complexity index is 729. The Labute approximate surface area is 143 Å². The van der Waals surface area contributed by atoms with Crippen LogP contribution in [0.4, 0.5) is 0 Å². The Morgan fingerprint density at radius 2 is 2.12 bits per heavy atom. The third kappa shape index (κ3) is 5.10. The van der Waals surface area contributed by atoms with E-state index >= 15 is 0 Å². The number of hydrogen-bond donors (Lipinski definition) is 2. The van der Waals surface area contributed by atoms with E-state index in [2.05, 4.69) is 10.5 Å². The molecule has 8 heteroatoms. The summed E-state index contributed by atoms with van der Waals surface area (Å²) < 4.78 is 10.8. The Balaban J connectivity index is 2.04. The van der Waals surface area contributed by atoms with Crippen LogP contribution in [0.5, 0.6) is 11.5 Å². The van der Waals surface area contributed by atoms with Gasteiger partial charge in [-0.1, -0.05) is 6.07 Å². The van der Waals surface area contributed by atoms with Gasteiger partial charge in [0, 0.05) is 0 Å². The maximum Gasteiger partial charge on any atom is 0.281 e. The lowest BCUT2D eigenvalue weighted by atomic mass is 10.2. The Morgan fingerprint density at radius 3 is 2.79 bits per heavy atom. The van der Waals surface area contributed by atoms with E-state index < -0.39 is 5.91 Å². The first-order chi connectivity index (χ1) is 11.6. The number of carbonyl (C=O) groups excluding carboxylic acids is 2. The fourth-order valence-electron chi connectivity index (χ4n) is 1.77. The van der Waals surface area contributed by atoms with Gasteiger partial charge in [-0.05, 0) is 42.1 Å². The SMILES string of the molecule is CCOc1cc(/C=N/NC(=O)c2cccs2)ccc1OCC(N)=O. The second-order valence-corrected chi connectivity index (χ2v) is 5.52. The molecule has 0 radical (unpaired) electrons. The van der Waals surface area contributed by atoms with Crippen LogP contribution >= 0.6 is 11.3 Å². The van der Waals surface area contributed by atoms with Gasteiger partial charge >= 0.3 is 0 Å². The predicted molar refractivity (Wildman–Crippen MR) is 91.7 cm³/mol. The van der Waals surface area contributed by atoms with Gasteiger partial charge in [0.15, 0.2) is 18.1 Å². The van der Waals surface area contributed by atoms with Crippen LogP contribution in [0.2, 0.25) is 0 Å². The van der Waals surface area contributed by atoms with Crippen LogP contribution in [0.25, 0.3) is 0 Å². The summed E-state index contributed by atoms with van der Waals surface area (Å²) in [5.41, 5.74) is 8.22. The highest BCUT2D eigenvalue weighted by atomic mass is 32.1. The molecule has 0 aliphatic carbocycles. The zero-order valence-corrected chi connectivity index (χ0v) is 13.8. The van der Waals surface area contributed by atoms with Crippen molar-refractivity contribution in [3.8, 4) is 11.5 Å². The second-order valence-electron chi connectivity index (χ2n) is 4.57. The van der Waals surface area contributed by atoms with Crippen LogP contribution in [0.15, 0.2) is 40.8 Å². The molecule has 0 aliphatic rings. The van der Waals surface area contributed by atoms with Gasteiger partial charge in [0.25, 0.3) is 11.8 Å². The van der Waals surface area contributed by atoms with Crippen LogP contribution in [-0.2, 0) is 4.79 Å². The summed E-state index contributed by atoms with van der Waals surface area (Å²) >= 11 is 1.34. The van der Waals surface area contributed by atoms with Gasteiger partial charge in [-0.25, -0.2) is 5.43 Å². The first kappa shape index (κ1) is 17.5. The molecule has 24 heavy (non-hydrogen) atoms. The van der Waals surface area contributed by atoms with Crippen molar-refractivity contribution >= 4 is 29.4 Å². The van der Waals surface area contributed by atoms with Crippen LogP contribution in [0.1, 0.15) is 22.2 Å². The number of nitrogens with two attached hydrogens (primary N) is 1. The fourth-order valence-corrected chi connectivity index (χ4v) is 2.38. The molecule has 2 amide bonds. The highest BCUT2D eigenvalue weighted by molar-refractivity contribution is 7.12. The molecule has 2 rings (SSSR count). The maximum atomic E-state index is 11.8. The molecule has 0 fully saturated rings. The van der Waals surface area contributed by atoms with E-state index in [-0.39, 0.29) is 12.5 Å². The zero-order valence-electron chi connectivity index (χ0n) is 13.0. The molecular weight excluding hydrogens is 330 g/mol. The zero-order chi connectivity index (χ0) is 17.4. The summed E-state index contributed by atoms with van der Waals surface area (Å²) in [6.07, 6.45) is 1.49. The van der Waals surface area contributed by atoms with Gasteiger partial charge < -0.3 is 15.2 Å². The summed E-state index contributed by atoms with van der Waals surface area (Å²) in [4.78, 5) is 23.2. The highest BCUT2D eigenvalue weighted by Gasteiger charge is 2.08. The normalized spacial score (nSPS) is 10.5. The fraction of sp³-hybridized carbons (Fsp3) is 0.188. The first-order valence-corrected chi connectivity index (χ1v) is 8.03. The molecule has 0 atom stereocenters. The standard InChI is InChI=1S/C16H17N3O4S/c1-2-22-13-8-11(5-6-12(13)23-10-15(17)20)9-18-19-16(21)14-4-3-7-24-14/h3-9H,2,10H2,1H3,(H2,17,20)(H,19,21)/b18-9+. The molecule has 1 aromatic heterocycles. The summed E-state index contributed by atoms with van der Waals surface area (Å²) in [6, 6.07) is 8.58. The minimum atomic E-state index is -0.570. The number of rotatable bonds is 8. The van der Waals surface area contributed by atoms with Gasteiger partial charge in [-0.3, -0.25) is 9.59 Å². The van der Waals surface area contributed by atoms with Crippen LogP contribution < -0.4 is 20.6 Å². The molecule has 3 N–H and O–H groups in total. The van der Waals surface area contributed by atoms with E-state index in [0.717, 1.165) is 0 Å². The molecule has 126 valence electrons. The first-order valence-electron chi connectivity index (χ1n) is 7.15. The molecule has 1 aromatic carbocycles. The number of carbonyl (C=O) groups is 2. The molecular formula is C16H17N3O4S. The van der Waals surface area contributed by atoms with Crippen molar-refractivity contribution in [1.82, 2.24) is 5.43 Å². The molecule has 0 saturated carbocycles. The van der Waals surface area contributed by atoms with Crippen molar-refractivity contribution in [1.29, 1.82) is 0 Å². The number of hydrogen-bond acceptors (Lipinski definition) is 6. The number of nitrogens with zero attached hydrogens (tertiary/aromatic N) is 1. The van der Waals surface area contributed by atoms with Gasteiger partial charge in [0.05, 0.1) is 17.7 Å². The lowest BCUT2D eigenvalue weighted by molar-refractivity contribution is -0.119. The monoisotopic (exact) mass is 347 g/mol. The topological polar surface area (TPSA) is 103 Å². The number of nitrogens with one attached hydrogen (secondary N) is 1. The lowest BCUT2D eigenvalue weighted by Gasteiger charge is -2.11. The third-order valence-corrected chi connectivity index (χ3v) is 3.63. The number of thiophene rings is 1. The number of ether oxygens (including phenoxy) is 2. The number of benzene rings is 1. The number of hydrazone groups is 1. The Kier molecular flexibility index (Phi) is 6.32. The average molecular weight is 347 g/mol. The summed E-state index contributed by atoms with van der Waals surface area (Å²) in [6.45, 7) is 2.03. The van der Waals surface area contributed by atoms with Crippen molar-refractivity contribution in [2.24, 2.45) is 10.8 Å². The van der Waals surface area contributed by atoms with E-state index in [9.17, 15) is 9.59 Å². The smallest absolute Gasteiger partial charge is 0.281 e. The van der Waals surface area contributed by atoms with Gasteiger partial charge in [0.2, 0.25) is 0 Å². The van der Waals surface area contributed by atoms with Crippen molar-refractivity contribution in [3.63, 3.8) is 0 Å². The van der Waals surface area contributed by atoms with E-state index in [1.807, 2.05) is 12.3 Å². The van der Waals surface area contributed by atoms with Crippen LogP contribution in [-0.4, -0.2) is 31.2 Å². The number of primary amides is 1. The molecule has 2 aromatic rings. The molecule has 0 bridgehead atoms. The van der Waals surface area contributed by atoms with Gasteiger partial charge in [-0.15, -0.1) is 11.3 Å². The second kappa shape index (κ2) is 8.68. The third-order valence-electron chi connectivity index (χ3n) is 2.76. The molecule has 0 aliphatic heterocycles. The number of amides is 2. The van der Waals surface area contributed by atoms with Crippen molar-refractivity contribution in [2.45, 2.75) is 6.92 Å². The summed E-state index contributed by atoms with van der Waals surface area (Å²) in [5, 5.41) is 5.73. The average Bonchev–Trinajstić information content (AvgIpc) is 3.08. The molecule has 0 saturated heterocycles. The predicted octanol–water partition coefficient (Wildman–Crippen LogP) is 1.77. The largest absolute Gasteiger partial charge is 0.490 e. The summed E-state index contributed by atoms with van der Waals surface area (Å²) in [5.74, 6) is 0.0368. The van der Waals surface area contributed by atoms with Crippen molar-refractivity contribution < 1.29 is 19.1 Å². The van der Waals surface area contributed by atoms with Crippen molar-refractivity contribution in [3.05, 3.63) is 46.2 Å². The molecule has 1 heterocycles. The maximum absolute atomic E-state index is 11.8. The highest BCUT2D eigenvalue weighted by Crippen LogP contribution is 2.28. The van der Waals surface area contributed by atoms with E-state index in [1.54, 1.807) is 30.3 Å². The summed E-state index contributed by atoms with van der Waals surface area (Å²) in [7, 11) is 0. The molecule has 0 unspecified atom stereocenters. The minimum Gasteiger partial charge on any atom is -0.490 e. The van der Waals surface area contributed by atoms with Crippen molar-refractivity contribution in [2.75, 3.05) is 13.2 Å². The van der Waals surface area contributed by atoms with E-state index in [4.69, 9.17) is 15.2 Å². The quantitative estimate of drug-likeness (QED) is 0.561.